The molecule has 0 bridgehead atoms. The van der Waals surface area contributed by atoms with Crippen molar-refractivity contribution >= 4 is 23.4 Å². The number of Topliss-reactive ketones (excluding diaryl/α,β-unsaturated/α-hetero) is 1. The number of methoxy groups -OCH3 is 1. The van der Waals surface area contributed by atoms with Crippen LogP contribution >= 0.6 is 11.6 Å². The zero-order chi connectivity index (χ0) is 11.9. The fraction of sp³-hybridized carbons (Fsp3) is 0.273. The van der Waals surface area contributed by atoms with Crippen LogP contribution < -0.4 is 0 Å². The van der Waals surface area contributed by atoms with Gasteiger partial charge in [-0.05, 0) is 23.8 Å². The SMILES string of the molecule is COC(=O)[C@@]1(F)Cc2cc(Cl)ccc2C1=O. The predicted octanol–water partition coefficient (Wildman–Crippen LogP) is 1.96. The van der Waals surface area contributed by atoms with Gasteiger partial charge in [0, 0.05) is 17.0 Å². The lowest BCUT2D eigenvalue weighted by molar-refractivity contribution is -0.150. The molecule has 0 saturated carbocycles. The summed E-state index contributed by atoms with van der Waals surface area (Å²) in [6.07, 6.45) is -0.311. The molecule has 16 heavy (non-hydrogen) atoms. The highest BCUT2D eigenvalue weighted by molar-refractivity contribution is 6.31. The Balaban J connectivity index is 2.48. The Morgan fingerprint density at radius 2 is 2.25 bits per heavy atom. The van der Waals surface area contributed by atoms with Gasteiger partial charge in [0.1, 0.15) is 0 Å². The van der Waals surface area contributed by atoms with E-state index < -0.39 is 17.4 Å². The molecule has 84 valence electrons. The average Bonchev–Trinajstić information content (AvgIpc) is 2.51. The summed E-state index contributed by atoms with van der Waals surface area (Å²) in [6, 6.07) is 4.39. The van der Waals surface area contributed by atoms with E-state index in [9.17, 15) is 14.0 Å². The minimum Gasteiger partial charge on any atom is -0.466 e. The summed E-state index contributed by atoms with van der Waals surface area (Å²) in [5.41, 5.74) is -1.97. The Morgan fingerprint density at radius 3 is 2.88 bits per heavy atom. The molecule has 0 heterocycles. The van der Waals surface area contributed by atoms with E-state index in [4.69, 9.17) is 11.6 Å². The lowest BCUT2D eigenvalue weighted by Gasteiger charge is -2.13. The molecule has 1 aliphatic rings. The van der Waals surface area contributed by atoms with Gasteiger partial charge in [0.05, 0.1) is 7.11 Å². The monoisotopic (exact) mass is 242 g/mol. The molecule has 0 aliphatic heterocycles. The number of benzene rings is 1. The van der Waals surface area contributed by atoms with Crippen LogP contribution in [0.1, 0.15) is 15.9 Å². The molecular weight excluding hydrogens is 235 g/mol. The molecule has 0 radical (unpaired) electrons. The van der Waals surface area contributed by atoms with E-state index in [1.165, 1.54) is 18.2 Å². The number of ketones is 1. The van der Waals surface area contributed by atoms with Gasteiger partial charge in [-0.1, -0.05) is 11.6 Å². The second kappa shape index (κ2) is 3.56. The molecule has 0 amide bonds. The number of hydrogen-bond acceptors (Lipinski definition) is 3. The van der Waals surface area contributed by atoms with Crippen LogP contribution in [-0.4, -0.2) is 24.5 Å². The number of rotatable bonds is 1. The van der Waals surface area contributed by atoms with Crippen LogP contribution in [0.5, 0.6) is 0 Å². The standard InChI is InChI=1S/C11H8ClFO3/c1-16-10(15)11(13)5-6-4-7(12)2-3-8(6)9(11)14/h2-4H,5H2,1H3/t11-/m1/s1. The van der Waals surface area contributed by atoms with E-state index >= 15 is 0 Å². The van der Waals surface area contributed by atoms with Gasteiger partial charge >= 0.3 is 5.97 Å². The molecule has 5 heteroatoms. The summed E-state index contributed by atoms with van der Waals surface area (Å²) in [5.74, 6) is -2.02. The molecule has 2 rings (SSSR count). The molecule has 0 spiro atoms. The van der Waals surface area contributed by atoms with Gasteiger partial charge in [0.2, 0.25) is 5.78 Å². The molecular formula is C11H8ClFO3. The number of carbonyl (C=O) groups excluding carboxylic acids is 2. The van der Waals surface area contributed by atoms with E-state index in [1.54, 1.807) is 0 Å². The third-order valence-corrected chi connectivity index (χ3v) is 2.85. The van der Waals surface area contributed by atoms with Gasteiger partial charge in [-0.2, -0.15) is 0 Å². The molecule has 1 aromatic carbocycles. The van der Waals surface area contributed by atoms with Crippen molar-refractivity contribution in [2.45, 2.75) is 12.1 Å². The van der Waals surface area contributed by atoms with E-state index in [0.717, 1.165) is 7.11 Å². The number of alkyl halides is 1. The van der Waals surface area contributed by atoms with Crippen LogP contribution in [0.2, 0.25) is 5.02 Å². The molecule has 3 nitrogen and oxygen atoms in total. The highest BCUT2D eigenvalue weighted by Crippen LogP contribution is 2.35. The van der Waals surface area contributed by atoms with Crippen molar-refractivity contribution in [1.82, 2.24) is 0 Å². The first-order valence-corrected chi connectivity index (χ1v) is 4.97. The molecule has 0 unspecified atom stereocenters. The molecule has 1 aromatic rings. The summed E-state index contributed by atoms with van der Waals surface area (Å²) in [5, 5.41) is 0.403. The van der Waals surface area contributed by atoms with Crippen LogP contribution in [0.15, 0.2) is 18.2 Å². The number of esters is 1. The first-order chi connectivity index (χ1) is 7.49. The normalized spacial score (nSPS) is 23.1. The highest BCUT2D eigenvalue weighted by Gasteiger charge is 2.53. The van der Waals surface area contributed by atoms with E-state index in [1.807, 2.05) is 0 Å². The Hall–Kier alpha value is -1.42. The number of halogens is 2. The largest absolute Gasteiger partial charge is 0.466 e. The maximum absolute atomic E-state index is 14.2. The Labute approximate surface area is 96.2 Å². The summed E-state index contributed by atoms with van der Waals surface area (Å²) >= 11 is 5.73. The molecule has 0 saturated heterocycles. The fourth-order valence-corrected chi connectivity index (χ4v) is 2.01. The smallest absolute Gasteiger partial charge is 0.352 e. The zero-order valence-electron chi connectivity index (χ0n) is 8.42. The predicted molar refractivity (Wildman–Crippen MR) is 55.3 cm³/mol. The Kier molecular flexibility index (Phi) is 2.46. The van der Waals surface area contributed by atoms with Gasteiger partial charge in [-0.25, -0.2) is 9.18 Å². The van der Waals surface area contributed by atoms with Crippen molar-refractivity contribution in [2.24, 2.45) is 0 Å². The quantitative estimate of drug-likeness (QED) is 0.559. The summed E-state index contributed by atoms with van der Waals surface area (Å²) in [7, 11) is 1.05. The lowest BCUT2D eigenvalue weighted by atomic mass is 10.0. The van der Waals surface area contributed by atoms with Crippen LogP contribution in [-0.2, 0) is 16.0 Å². The first-order valence-electron chi connectivity index (χ1n) is 4.59. The minimum absolute atomic E-state index is 0.192. The van der Waals surface area contributed by atoms with Crippen LogP contribution in [0.3, 0.4) is 0 Å². The zero-order valence-corrected chi connectivity index (χ0v) is 9.18. The Bertz CT molecular complexity index is 486. The third-order valence-electron chi connectivity index (χ3n) is 2.61. The van der Waals surface area contributed by atoms with Crippen molar-refractivity contribution in [3.63, 3.8) is 0 Å². The van der Waals surface area contributed by atoms with E-state index in [2.05, 4.69) is 4.74 Å². The van der Waals surface area contributed by atoms with Gasteiger partial charge in [-0.15, -0.1) is 0 Å². The molecule has 0 N–H and O–H groups in total. The second-order valence-corrected chi connectivity index (χ2v) is 4.04. The van der Waals surface area contributed by atoms with Crippen molar-refractivity contribution in [3.8, 4) is 0 Å². The van der Waals surface area contributed by atoms with Gasteiger partial charge in [0.15, 0.2) is 0 Å². The van der Waals surface area contributed by atoms with Crippen molar-refractivity contribution < 1.29 is 18.7 Å². The van der Waals surface area contributed by atoms with E-state index in [0.29, 0.717) is 10.6 Å². The highest BCUT2D eigenvalue weighted by atomic mass is 35.5. The summed E-state index contributed by atoms with van der Waals surface area (Å²) < 4.78 is 18.5. The number of ether oxygens (including phenoxy) is 1. The maximum Gasteiger partial charge on any atom is 0.352 e. The van der Waals surface area contributed by atoms with Crippen LogP contribution in [0.25, 0.3) is 0 Å². The van der Waals surface area contributed by atoms with Crippen molar-refractivity contribution in [3.05, 3.63) is 34.3 Å². The Morgan fingerprint density at radius 1 is 1.56 bits per heavy atom. The number of carbonyl (C=O) groups is 2. The lowest BCUT2D eigenvalue weighted by Crippen LogP contribution is -2.40. The first kappa shape index (κ1) is 11.1. The minimum atomic E-state index is -2.60. The van der Waals surface area contributed by atoms with Crippen LogP contribution in [0.4, 0.5) is 4.39 Å². The third kappa shape index (κ3) is 1.41. The van der Waals surface area contributed by atoms with Gasteiger partial charge in [0.25, 0.3) is 5.67 Å². The van der Waals surface area contributed by atoms with Gasteiger partial charge < -0.3 is 4.74 Å². The second-order valence-electron chi connectivity index (χ2n) is 3.60. The molecule has 1 atom stereocenters. The molecule has 0 fully saturated rings. The van der Waals surface area contributed by atoms with Gasteiger partial charge in [-0.3, -0.25) is 4.79 Å². The molecule has 0 aromatic heterocycles. The average molecular weight is 243 g/mol. The van der Waals surface area contributed by atoms with Crippen LogP contribution in [0, 0.1) is 0 Å². The summed E-state index contributed by atoms with van der Waals surface area (Å²) in [6.45, 7) is 0. The van der Waals surface area contributed by atoms with Crippen molar-refractivity contribution in [1.29, 1.82) is 0 Å². The fourth-order valence-electron chi connectivity index (χ4n) is 1.81. The topological polar surface area (TPSA) is 43.4 Å². The summed E-state index contributed by atoms with van der Waals surface area (Å²) in [4.78, 5) is 23.0. The van der Waals surface area contributed by atoms with Crippen molar-refractivity contribution in [2.75, 3.05) is 7.11 Å². The maximum atomic E-state index is 14.2. The number of hydrogen-bond donors (Lipinski definition) is 0. The number of fused-ring (bicyclic) bond motifs is 1. The molecule has 1 aliphatic carbocycles. The van der Waals surface area contributed by atoms with E-state index in [-0.39, 0.29) is 12.0 Å².